The lowest BCUT2D eigenvalue weighted by atomic mass is 9.71. The minimum Gasteiger partial charge on any atom is -0.482 e. The fourth-order valence-corrected chi connectivity index (χ4v) is 7.39. The SMILES string of the molecule is N#CC1=CC(C2C=CC3OC4=C(CCC5=C4OC4C=CC(C6C=CCC(C=N)C6)=CC54)C3C2)CC=C1. The molecule has 0 bridgehead atoms. The first kappa shape index (κ1) is 21.9. The summed E-state index contributed by atoms with van der Waals surface area (Å²) in [5.74, 6) is 4.31. The van der Waals surface area contributed by atoms with Gasteiger partial charge < -0.3 is 14.9 Å². The molecule has 5 aliphatic carbocycles. The van der Waals surface area contributed by atoms with Crippen LogP contribution in [0.4, 0.5) is 0 Å². The van der Waals surface area contributed by atoms with Crippen LogP contribution < -0.4 is 0 Å². The molecule has 0 aromatic heterocycles. The Hall–Kier alpha value is -3.32. The maximum atomic E-state index is 9.35. The van der Waals surface area contributed by atoms with Gasteiger partial charge in [0, 0.05) is 23.3 Å². The second-order valence-electron chi connectivity index (χ2n) is 11.3. The van der Waals surface area contributed by atoms with E-state index in [0.717, 1.165) is 55.6 Å². The molecule has 0 aromatic rings. The zero-order chi connectivity index (χ0) is 24.2. The van der Waals surface area contributed by atoms with Crippen LogP contribution in [0.1, 0.15) is 38.5 Å². The summed E-state index contributed by atoms with van der Waals surface area (Å²) in [5.41, 5.74) is 5.01. The second-order valence-corrected chi connectivity index (χ2v) is 11.3. The third-order valence-electron chi connectivity index (χ3n) is 9.29. The fraction of sp³-hybridized carbons (Fsp3) is 0.438. The van der Waals surface area contributed by atoms with E-state index in [-0.39, 0.29) is 12.2 Å². The van der Waals surface area contributed by atoms with Crippen molar-refractivity contribution in [3.8, 4) is 6.07 Å². The lowest BCUT2D eigenvalue weighted by Crippen LogP contribution is -2.27. The molecule has 1 N–H and O–H groups in total. The van der Waals surface area contributed by atoms with Crippen LogP contribution in [-0.2, 0) is 9.47 Å². The van der Waals surface area contributed by atoms with E-state index < -0.39 is 0 Å². The van der Waals surface area contributed by atoms with Crippen molar-refractivity contribution in [1.29, 1.82) is 10.7 Å². The molecule has 0 spiro atoms. The van der Waals surface area contributed by atoms with Crippen molar-refractivity contribution < 1.29 is 9.47 Å². The van der Waals surface area contributed by atoms with Crippen LogP contribution in [0.2, 0.25) is 0 Å². The van der Waals surface area contributed by atoms with Crippen LogP contribution in [-0.4, -0.2) is 18.4 Å². The highest BCUT2D eigenvalue weighted by Crippen LogP contribution is 2.53. The molecular formula is C32H32N2O2. The van der Waals surface area contributed by atoms with Gasteiger partial charge in [0.25, 0.3) is 0 Å². The number of fused-ring (bicyclic) bond motifs is 5. The number of ether oxygens (including phenoxy) is 2. The average molecular weight is 477 g/mol. The van der Waals surface area contributed by atoms with Gasteiger partial charge in [0.2, 0.25) is 0 Å². The van der Waals surface area contributed by atoms with E-state index >= 15 is 0 Å². The van der Waals surface area contributed by atoms with Crippen LogP contribution in [0.3, 0.4) is 0 Å². The van der Waals surface area contributed by atoms with E-state index in [4.69, 9.17) is 14.9 Å². The topological polar surface area (TPSA) is 66.1 Å². The summed E-state index contributed by atoms with van der Waals surface area (Å²) in [6.07, 6.45) is 30.3. The first-order valence-corrected chi connectivity index (χ1v) is 13.6. The Kier molecular flexibility index (Phi) is 5.27. The van der Waals surface area contributed by atoms with Gasteiger partial charge in [-0.2, -0.15) is 5.26 Å². The highest BCUT2D eigenvalue weighted by atomic mass is 16.5. The van der Waals surface area contributed by atoms with Gasteiger partial charge in [-0.05, 0) is 97.4 Å². The number of hydrogen-bond donors (Lipinski definition) is 1. The third-order valence-corrected chi connectivity index (χ3v) is 9.29. The van der Waals surface area contributed by atoms with Crippen LogP contribution >= 0.6 is 0 Å². The predicted molar refractivity (Wildman–Crippen MR) is 140 cm³/mol. The highest BCUT2D eigenvalue weighted by Gasteiger charge is 2.48. The van der Waals surface area contributed by atoms with Crippen LogP contribution in [0.25, 0.3) is 0 Å². The summed E-state index contributed by atoms with van der Waals surface area (Å²) < 4.78 is 13.2. The smallest absolute Gasteiger partial charge is 0.162 e. The Morgan fingerprint density at radius 3 is 2.61 bits per heavy atom. The lowest BCUT2D eigenvalue weighted by Gasteiger charge is -2.32. The van der Waals surface area contributed by atoms with Gasteiger partial charge in [0.05, 0.1) is 6.07 Å². The average Bonchev–Trinajstić information content (AvgIpc) is 3.50. The molecule has 36 heavy (non-hydrogen) atoms. The lowest BCUT2D eigenvalue weighted by molar-refractivity contribution is 0.102. The molecule has 7 rings (SSSR count). The molecule has 2 aliphatic heterocycles. The zero-order valence-electron chi connectivity index (χ0n) is 20.5. The molecular weight excluding hydrogens is 444 g/mol. The summed E-state index contributed by atoms with van der Waals surface area (Å²) >= 11 is 0. The zero-order valence-corrected chi connectivity index (χ0v) is 20.5. The van der Waals surface area contributed by atoms with Gasteiger partial charge in [0.1, 0.15) is 12.2 Å². The Morgan fingerprint density at radius 2 is 1.72 bits per heavy atom. The summed E-state index contributed by atoms with van der Waals surface area (Å²) in [5, 5.41) is 17.0. The molecule has 0 saturated heterocycles. The number of hydrogen-bond acceptors (Lipinski definition) is 4. The molecule has 0 saturated carbocycles. The van der Waals surface area contributed by atoms with Gasteiger partial charge in [-0.3, -0.25) is 0 Å². The van der Waals surface area contributed by atoms with E-state index in [1.54, 1.807) is 6.21 Å². The maximum absolute atomic E-state index is 9.35. The van der Waals surface area contributed by atoms with Crippen molar-refractivity contribution in [3.05, 3.63) is 94.6 Å². The minimum atomic E-state index is 0.0646. The van der Waals surface area contributed by atoms with Crippen molar-refractivity contribution in [2.45, 2.75) is 50.7 Å². The molecule has 0 amide bonds. The van der Waals surface area contributed by atoms with E-state index in [1.807, 2.05) is 6.08 Å². The summed E-state index contributed by atoms with van der Waals surface area (Å²) in [6.45, 7) is 0. The molecule has 0 aromatic carbocycles. The Morgan fingerprint density at radius 1 is 0.861 bits per heavy atom. The molecule has 7 aliphatic rings. The van der Waals surface area contributed by atoms with Crippen molar-refractivity contribution in [2.75, 3.05) is 0 Å². The number of nitrogens with one attached hydrogen (secondary N) is 1. The van der Waals surface area contributed by atoms with Crippen LogP contribution in [0.15, 0.2) is 94.6 Å². The van der Waals surface area contributed by atoms with E-state index in [1.165, 1.54) is 16.7 Å². The molecule has 8 atom stereocenters. The first-order valence-electron chi connectivity index (χ1n) is 13.6. The molecule has 4 heteroatoms. The Bertz CT molecular complexity index is 1280. The van der Waals surface area contributed by atoms with Gasteiger partial charge in [-0.15, -0.1) is 0 Å². The van der Waals surface area contributed by atoms with Gasteiger partial charge in [0.15, 0.2) is 11.5 Å². The van der Waals surface area contributed by atoms with Crippen molar-refractivity contribution >= 4 is 6.21 Å². The summed E-state index contributed by atoms with van der Waals surface area (Å²) in [6, 6.07) is 2.31. The quantitative estimate of drug-likeness (QED) is 0.366. The summed E-state index contributed by atoms with van der Waals surface area (Å²) in [7, 11) is 0. The van der Waals surface area contributed by atoms with Crippen molar-refractivity contribution in [2.24, 2.45) is 35.5 Å². The predicted octanol–water partition coefficient (Wildman–Crippen LogP) is 6.65. The Labute approximate surface area is 213 Å². The van der Waals surface area contributed by atoms with Crippen LogP contribution in [0.5, 0.6) is 0 Å². The normalized spacial score (nSPS) is 39.8. The molecule has 0 fully saturated rings. The second kappa shape index (κ2) is 8.66. The first-order chi connectivity index (χ1) is 17.7. The van der Waals surface area contributed by atoms with Gasteiger partial charge in [-0.25, -0.2) is 0 Å². The fourth-order valence-electron chi connectivity index (χ4n) is 7.39. The molecule has 2 heterocycles. The largest absolute Gasteiger partial charge is 0.482 e. The van der Waals surface area contributed by atoms with Gasteiger partial charge >= 0.3 is 0 Å². The summed E-state index contributed by atoms with van der Waals surface area (Å²) in [4.78, 5) is 0. The number of nitrogens with zero attached hydrogens (tertiary/aromatic N) is 1. The van der Waals surface area contributed by atoms with Crippen molar-refractivity contribution in [1.82, 2.24) is 0 Å². The molecule has 4 nitrogen and oxygen atoms in total. The van der Waals surface area contributed by atoms with Gasteiger partial charge in [-0.1, -0.05) is 42.5 Å². The highest BCUT2D eigenvalue weighted by molar-refractivity contribution is 5.58. The minimum absolute atomic E-state index is 0.0646. The Balaban J connectivity index is 1.13. The van der Waals surface area contributed by atoms with Crippen LogP contribution in [0, 0.1) is 52.2 Å². The molecule has 182 valence electrons. The van der Waals surface area contributed by atoms with Crippen molar-refractivity contribution in [3.63, 3.8) is 0 Å². The number of rotatable bonds is 3. The monoisotopic (exact) mass is 476 g/mol. The number of nitriles is 1. The maximum Gasteiger partial charge on any atom is 0.162 e. The third kappa shape index (κ3) is 3.52. The molecule has 8 unspecified atom stereocenters. The van der Waals surface area contributed by atoms with E-state index in [9.17, 15) is 5.26 Å². The standard InChI is InChI=1S/C32H32N2O2/c33-17-19-3-1-5-21(13-19)23-7-11-29-27(15-23)25-9-10-26-28-16-24(22-6-2-4-20(14-22)18-34)8-12-30(28)36-32(26)31(25)35-29/h1-3,6-8,11-13,16,18,20-23,27-30,34H,4-5,9-10,14-15H2. The van der Waals surface area contributed by atoms with E-state index in [0.29, 0.717) is 35.5 Å². The van der Waals surface area contributed by atoms with E-state index in [2.05, 4.69) is 60.8 Å². The molecule has 0 radical (unpaired) electrons. The number of allylic oxidation sites excluding steroid dienone is 9.